The van der Waals surface area contributed by atoms with Crippen molar-refractivity contribution in [3.8, 4) is 0 Å². The number of nitrogens with one attached hydrogen (secondary N) is 1. The molecule has 1 atom stereocenters. The van der Waals surface area contributed by atoms with Gasteiger partial charge < -0.3 is 10.2 Å². The molecule has 1 N–H and O–H groups in total. The van der Waals surface area contributed by atoms with Crippen LogP contribution in [0.15, 0.2) is 48.5 Å². The predicted molar refractivity (Wildman–Crippen MR) is 109 cm³/mol. The van der Waals surface area contributed by atoms with Crippen LogP contribution >= 0.6 is 11.3 Å². The molecule has 0 spiro atoms. The molecule has 2 heterocycles. The Bertz CT molecular complexity index is 1090. The van der Waals surface area contributed by atoms with Crippen LogP contribution in [-0.2, 0) is 0 Å². The van der Waals surface area contributed by atoms with E-state index in [9.17, 15) is 18.4 Å². The second-order valence-corrected chi connectivity index (χ2v) is 8.02. The van der Waals surface area contributed by atoms with Gasteiger partial charge in [0, 0.05) is 30.3 Å². The van der Waals surface area contributed by atoms with Gasteiger partial charge in [-0.1, -0.05) is 23.5 Å². The maximum atomic E-state index is 13.4. The van der Waals surface area contributed by atoms with E-state index in [0.29, 0.717) is 29.3 Å². The SMILES string of the molecule is O=C(Nc1cccc(F)c1)c1nnc(C2CCCN(C(=O)c3cccc(F)c3)C2)s1. The van der Waals surface area contributed by atoms with E-state index in [4.69, 9.17) is 0 Å². The van der Waals surface area contributed by atoms with Crippen LogP contribution in [0.1, 0.15) is 43.9 Å². The molecular formula is C21H18F2N4O2S. The Morgan fingerprint density at radius 3 is 2.60 bits per heavy atom. The summed E-state index contributed by atoms with van der Waals surface area (Å²) in [5, 5.41) is 11.5. The van der Waals surface area contributed by atoms with Crippen LogP contribution in [0.5, 0.6) is 0 Å². The Morgan fingerprint density at radius 2 is 1.83 bits per heavy atom. The topological polar surface area (TPSA) is 75.2 Å². The van der Waals surface area contributed by atoms with Crippen molar-refractivity contribution < 1.29 is 18.4 Å². The second kappa shape index (κ2) is 8.66. The molecule has 1 saturated heterocycles. The Kier molecular flexibility index (Phi) is 5.80. The fourth-order valence-electron chi connectivity index (χ4n) is 3.41. The number of likely N-dealkylation sites (tertiary alicyclic amines) is 1. The van der Waals surface area contributed by atoms with Crippen LogP contribution in [0.4, 0.5) is 14.5 Å². The molecule has 6 nitrogen and oxygen atoms in total. The predicted octanol–water partition coefficient (Wildman–Crippen LogP) is 4.09. The van der Waals surface area contributed by atoms with Gasteiger partial charge in [-0.25, -0.2) is 8.78 Å². The summed E-state index contributed by atoms with van der Waals surface area (Å²) in [6, 6.07) is 11.2. The molecule has 2 amide bonds. The van der Waals surface area contributed by atoms with Gasteiger partial charge in [0.2, 0.25) is 5.01 Å². The Hall–Kier alpha value is -3.20. The molecule has 0 radical (unpaired) electrons. The number of carbonyl (C=O) groups is 2. The van der Waals surface area contributed by atoms with Gasteiger partial charge in [-0.3, -0.25) is 9.59 Å². The first kappa shape index (κ1) is 20.1. The number of anilines is 1. The summed E-state index contributed by atoms with van der Waals surface area (Å²) >= 11 is 1.16. The normalized spacial score (nSPS) is 16.3. The maximum absolute atomic E-state index is 13.4. The van der Waals surface area contributed by atoms with Crippen LogP contribution in [0.2, 0.25) is 0 Å². The molecule has 3 aromatic rings. The lowest BCUT2D eigenvalue weighted by Crippen LogP contribution is -2.39. The largest absolute Gasteiger partial charge is 0.338 e. The number of halogens is 2. The summed E-state index contributed by atoms with van der Waals surface area (Å²) in [4.78, 5) is 26.8. The average molecular weight is 428 g/mol. The molecule has 30 heavy (non-hydrogen) atoms. The van der Waals surface area contributed by atoms with Crippen molar-refractivity contribution in [3.05, 3.63) is 75.7 Å². The van der Waals surface area contributed by atoms with Gasteiger partial charge in [0.05, 0.1) is 0 Å². The summed E-state index contributed by atoms with van der Waals surface area (Å²) < 4.78 is 26.7. The third-order valence-corrected chi connectivity index (χ3v) is 5.93. The highest BCUT2D eigenvalue weighted by atomic mass is 32.1. The zero-order chi connectivity index (χ0) is 21.1. The third kappa shape index (κ3) is 4.51. The number of piperidine rings is 1. The van der Waals surface area contributed by atoms with Crippen molar-refractivity contribution in [2.45, 2.75) is 18.8 Å². The summed E-state index contributed by atoms with van der Waals surface area (Å²) in [6.45, 7) is 1.01. The molecule has 1 unspecified atom stereocenters. The van der Waals surface area contributed by atoms with Gasteiger partial charge >= 0.3 is 0 Å². The van der Waals surface area contributed by atoms with E-state index in [0.717, 1.165) is 24.2 Å². The van der Waals surface area contributed by atoms with Crippen molar-refractivity contribution in [2.24, 2.45) is 0 Å². The van der Waals surface area contributed by atoms with Gasteiger partial charge in [0.1, 0.15) is 16.6 Å². The molecule has 0 aliphatic carbocycles. The lowest BCUT2D eigenvalue weighted by Gasteiger charge is -2.31. The summed E-state index contributed by atoms with van der Waals surface area (Å²) in [7, 11) is 0. The van der Waals surface area contributed by atoms with E-state index >= 15 is 0 Å². The zero-order valence-electron chi connectivity index (χ0n) is 15.8. The van der Waals surface area contributed by atoms with Crippen LogP contribution in [0.3, 0.4) is 0 Å². The third-order valence-electron chi connectivity index (χ3n) is 4.85. The number of carbonyl (C=O) groups excluding carboxylic acids is 2. The van der Waals surface area contributed by atoms with Crippen molar-refractivity contribution in [3.63, 3.8) is 0 Å². The average Bonchev–Trinajstić information content (AvgIpc) is 3.24. The van der Waals surface area contributed by atoms with Crippen molar-refractivity contribution >= 4 is 28.8 Å². The van der Waals surface area contributed by atoms with Crippen molar-refractivity contribution in [2.75, 3.05) is 18.4 Å². The highest BCUT2D eigenvalue weighted by molar-refractivity contribution is 7.13. The molecule has 4 rings (SSSR count). The molecular weight excluding hydrogens is 410 g/mol. The molecule has 2 aromatic carbocycles. The number of nitrogens with zero attached hydrogens (tertiary/aromatic N) is 3. The van der Waals surface area contributed by atoms with Gasteiger partial charge in [0.15, 0.2) is 0 Å². The Labute approximate surface area is 175 Å². The number of benzene rings is 2. The van der Waals surface area contributed by atoms with E-state index in [1.807, 2.05) is 0 Å². The molecule has 154 valence electrons. The van der Waals surface area contributed by atoms with Crippen LogP contribution in [0, 0.1) is 11.6 Å². The van der Waals surface area contributed by atoms with E-state index in [1.165, 1.54) is 36.4 Å². The highest BCUT2D eigenvalue weighted by Gasteiger charge is 2.28. The smallest absolute Gasteiger partial charge is 0.286 e. The molecule has 9 heteroatoms. The van der Waals surface area contributed by atoms with Gasteiger partial charge in [-0.2, -0.15) is 0 Å². The fourth-order valence-corrected chi connectivity index (χ4v) is 4.27. The fraction of sp³-hybridized carbons (Fsp3) is 0.238. The highest BCUT2D eigenvalue weighted by Crippen LogP contribution is 2.30. The first-order chi connectivity index (χ1) is 14.5. The maximum Gasteiger partial charge on any atom is 0.286 e. The number of aromatic nitrogens is 2. The number of hydrogen-bond donors (Lipinski definition) is 1. The zero-order valence-corrected chi connectivity index (χ0v) is 16.7. The quantitative estimate of drug-likeness (QED) is 0.679. The van der Waals surface area contributed by atoms with Crippen LogP contribution in [-0.4, -0.2) is 40.0 Å². The first-order valence-corrected chi connectivity index (χ1v) is 10.3. The van der Waals surface area contributed by atoms with E-state index < -0.39 is 17.5 Å². The minimum Gasteiger partial charge on any atom is -0.338 e. The molecule has 1 aliphatic rings. The molecule has 1 aromatic heterocycles. The molecule has 0 bridgehead atoms. The van der Waals surface area contributed by atoms with Crippen molar-refractivity contribution in [1.29, 1.82) is 0 Å². The van der Waals surface area contributed by atoms with Crippen molar-refractivity contribution in [1.82, 2.24) is 15.1 Å². The Balaban J connectivity index is 1.44. The van der Waals surface area contributed by atoms with Gasteiger partial charge in [-0.15, -0.1) is 10.2 Å². The van der Waals surface area contributed by atoms with E-state index in [1.54, 1.807) is 17.0 Å². The lowest BCUT2D eigenvalue weighted by molar-refractivity contribution is 0.0706. The summed E-state index contributed by atoms with van der Waals surface area (Å²) in [6.07, 6.45) is 1.59. The monoisotopic (exact) mass is 428 g/mol. The minimum absolute atomic E-state index is 0.0514. The van der Waals surface area contributed by atoms with Crippen LogP contribution < -0.4 is 5.32 Å². The number of rotatable bonds is 4. The second-order valence-electron chi connectivity index (χ2n) is 7.01. The number of amides is 2. The lowest BCUT2D eigenvalue weighted by atomic mass is 9.98. The van der Waals surface area contributed by atoms with Gasteiger partial charge in [0.25, 0.3) is 11.8 Å². The Morgan fingerprint density at radius 1 is 1.07 bits per heavy atom. The molecule has 1 aliphatic heterocycles. The first-order valence-electron chi connectivity index (χ1n) is 9.45. The minimum atomic E-state index is -0.465. The van der Waals surface area contributed by atoms with Crippen LogP contribution in [0.25, 0.3) is 0 Å². The number of hydrogen-bond acceptors (Lipinski definition) is 5. The molecule has 1 fully saturated rings. The summed E-state index contributed by atoms with van der Waals surface area (Å²) in [5.41, 5.74) is 0.643. The standard InChI is InChI=1S/C21H18F2N4O2S/c22-15-6-1-4-13(10-15)21(29)27-9-3-5-14(12-27)19-25-26-20(30-19)18(28)24-17-8-2-7-16(23)11-17/h1-2,4,6-8,10-11,14H,3,5,9,12H2,(H,24,28). The van der Waals surface area contributed by atoms with Gasteiger partial charge in [-0.05, 0) is 49.2 Å². The van der Waals surface area contributed by atoms with E-state index in [-0.39, 0.29) is 16.8 Å². The van der Waals surface area contributed by atoms with E-state index in [2.05, 4.69) is 15.5 Å². The summed E-state index contributed by atoms with van der Waals surface area (Å²) in [5.74, 6) is -1.64. The molecule has 0 saturated carbocycles.